The minimum Gasteiger partial charge on any atom is -0.507 e. The van der Waals surface area contributed by atoms with Crippen LogP contribution in [0.15, 0.2) is 22.7 Å². The highest BCUT2D eigenvalue weighted by molar-refractivity contribution is 9.10. The highest BCUT2D eigenvalue weighted by atomic mass is 79.9. The first-order chi connectivity index (χ1) is 9.16. The molecule has 19 heavy (non-hydrogen) atoms. The van der Waals surface area contributed by atoms with Gasteiger partial charge in [-0.1, -0.05) is 28.8 Å². The van der Waals surface area contributed by atoms with Crippen LogP contribution in [0.25, 0.3) is 0 Å². The van der Waals surface area contributed by atoms with E-state index in [1.54, 1.807) is 18.2 Å². The van der Waals surface area contributed by atoms with Crippen molar-refractivity contribution in [2.75, 3.05) is 6.54 Å². The normalized spacial score (nSPS) is 26.3. The lowest BCUT2D eigenvalue weighted by Crippen LogP contribution is -2.39. The van der Waals surface area contributed by atoms with Crippen LogP contribution in [-0.4, -0.2) is 28.5 Å². The maximum absolute atomic E-state index is 12.6. The summed E-state index contributed by atoms with van der Waals surface area (Å²) in [6, 6.07) is 5.49. The summed E-state index contributed by atoms with van der Waals surface area (Å²) in [6.07, 6.45) is 6.01. The maximum Gasteiger partial charge on any atom is 0.257 e. The van der Waals surface area contributed by atoms with Crippen LogP contribution in [0.5, 0.6) is 5.75 Å². The average molecular weight is 324 g/mol. The fourth-order valence-corrected chi connectivity index (χ4v) is 3.85. The molecule has 0 radical (unpaired) electrons. The van der Waals surface area contributed by atoms with E-state index < -0.39 is 0 Å². The summed E-state index contributed by atoms with van der Waals surface area (Å²) in [7, 11) is 0. The van der Waals surface area contributed by atoms with Gasteiger partial charge in [0.05, 0.1) is 5.56 Å². The van der Waals surface area contributed by atoms with Crippen LogP contribution < -0.4 is 0 Å². The van der Waals surface area contributed by atoms with Crippen molar-refractivity contribution in [3.05, 3.63) is 28.2 Å². The number of aromatic hydroxyl groups is 1. The molecule has 2 fully saturated rings. The van der Waals surface area contributed by atoms with Crippen LogP contribution in [-0.2, 0) is 0 Å². The molecule has 1 amide bonds. The van der Waals surface area contributed by atoms with Gasteiger partial charge >= 0.3 is 0 Å². The topological polar surface area (TPSA) is 40.5 Å². The van der Waals surface area contributed by atoms with Crippen molar-refractivity contribution in [3.8, 4) is 5.75 Å². The Balaban J connectivity index is 1.83. The number of likely N-dealkylation sites (tertiary alicyclic amines) is 1. The van der Waals surface area contributed by atoms with Crippen molar-refractivity contribution < 1.29 is 9.90 Å². The summed E-state index contributed by atoms with van der Waals surface area (Å²) in [5, 5.41) is 9.94. The van der Waals surface area contributed by atoms with Crippen molar-refractivity contribution in [2.24, 2.45) is 5.92 Å². The number of benzene rings is 1. The second-order valence-electron chi connectivity index (χ2n) is 5.56. The molecule has 1 N–H and O–H groups in total. The van der Waals surface area contributed by atoms with Gasteiger partial charge in [-0.3, -0.25) is 4.79 Å². The Kier molecular flexibility index (Phi) is 3.52. The number of phenols is 1. The number of halogens is 1. The van der Waals surface area contributed by atoms with E-state index in [4.69, 9.17) is 0 Å². The summed E-state index contributed by atoms with van der Waals surface area (Å²) in [5.41, 5.74) is 0.425. The van der Waals surface area contributed by atoms with E-state index in [0.717, 1.165) is 23.9 Å². The summed E-state index contributed by atoms with van der Waals surface area (Å²) in [4.78, 5) is 14.6. The largest absolute Gasteiger partial charge is 0.507 e. The maximum atomic E-state index is 12.6. The standard InChI is InChI=1S/C15H18BrNO2/c16-11-5-6-12(14(18)9-11)15(19)17-8-7-10-3-1-2-4-13(10)17/h5-6,9-10,13,18H,1-4,7-8H2. The number of carbonyl (C=O) groups excluding carboxylic acids is 1. The molecule has 1 heterocycles. The van der Waals surface area contributed by atoms with E-state index in [1.165, 1.54) is 19.3 Å². The molecule has 1 saturated carbocycles. The van der Waals surface area contributed by atoms with Gasteiger partial charge < -0.3 is 10.0 Å². The molecule has 2 atom stereocenters. The lowest BCUT2D eigenvalue weighted by molar-refractivity contribution is 0.0687. The number of phenolic OH excluding ortho intramolecular Hbond substituents is 1. The van der Waals surface area contributed by atoms with E-state index in [1.807, 2.05) is 4.90 Å². The monoisotopic (exact) mass is 323 g/mol. The number of nitrogens with zero attached hydrogens (tertiary/aromatic N) is 1. The summed E-state index contributed by atoms with van der Waals surface area (Å²) in [5.74, 6) is 0.730. The average Bonchev–Trinajstić information content (AvgIpc) is 2.82. The van der Waals surface area contributed by atoms with E-state index in [2.05, 4.69) is 15.9 Å². The third-order valence-corrected chi connectivity index (χ3v) is 4.95. The zero-order valence-electron chi connectivity index (χ0n) is 10.8. The Bertz CT molecular complexity index is 503. The van der Waals surface area contributed by atoms with Gasteiger partial charge in [-0.2, -0.15) is 0 Å². The molecule has 1 saturated heterocycles. The molecule has 1 aliphatic carbocycles. The minimum atomic E-state index is -0.0144. The van der Waals surface area contributed by atoms with Gasteiger partial charge in [0.2, 0.25) is 0 Å². The fraction of sp³-hybridized carbons (Fsp3) is 0.533. The highest BCUT2D eigenvalue weighted by Crippen LogP contribution is 2.37. The molecule has 4 heteroatoms. The lowest BCUT2D eigenvalue weighted by atomic mass is 9.85. The smallest absolute Gasteiger partial charge is 0.257 e. The van der Waals surface area contributed by atoms with Gasteiger partial charge in [0.25, 0.3) is 5.91 Å². The predicted octanol–water partition coefficient (Wildman–Crippen LogP) is 3.56. The second kappa shape index (κ2) is 5.16. The van der Waals surface area contributed by atoms with Gasteiger partial charge in [0, 0.05) is 17.1 Å². The number of hydrogen-bond acceptors (Lipinski definition) is 2. The van der Waals surface area contributed by atoms with Crippen LogP contribution in [0.1, 0.15) is 42.5 Å². The van der Waals surface area contributed by atoms with E-state index in [0.29, 0.717) is 17.5 Å². The summed E-state index contributed by atoms with van der Waals surface area (Å²) in [6.45, 7) is 0.837. The van der Waals surface area contributed by atoms with E-state index in [9.17, 15) is 9.90 Å². The van der Waals surface area contributed by atoms with Crippen LogP contribution in [0.2, 0.25) is 0 Å². The molecular weight excluding hydrogens is 306 g/mol. The van der Waals surface area contributed by atoms with Crippen LogP contribution in [0, 0.1) is 5.92 Å². The Hall–Kier alpha value is -1.03. The van der Waals surface area contributed by atoms with Crippen LogP contribution in [0.3, 0.4) is 0 Å². The number of hydrogen-bond donors (Lipinski definition) is 1. The first-order valence-electron chi connectivity index (χ1n) is 6.96. The SMILES string of the molecule is O=C(c1ccc(Br)cc1O)N1CCC2CCCCC21. The Morgan fingerprint density at radius 2 is 2.05 bits per heavy atom. The molecule has 1 aromatic carbocycles. The first-order valence-corrected chi connectivity index (χ1v) is 7.75. The highest BCUT2D eigenvalue weighted by Gasteiger charge is 2.38. The predicted molar refractivity (Wildman–Crippen MR) is 77.2 cm³/mol. The molecule has 3 nitrogen and oxygen atoms in total. The number of carbonyl (C=O) groups is 1. The molecule has 0 bridgehead atoms. The number of amides is 1. The van der Waals surface area contributed by atoms with Crippen molar-refractivity contribution in [3.63, 3.8) is 0 Å². The van der Waals surface area contributed by atoms with Crippen molar-refractivity contribution >= 4 is 21.8 Å². The summed E-state index contributed by atoms with van der Waals surface area (Å²) < 4.78 is 0.790. The zero-order chi connectivity index (χ0) is 13.4. The Morgan fingerprint density at radius 1 is 1.26 bits per heavy atom. The Labute approximate surface area is 121 Å². The van der Waals surface area contributed by atoms with Crippen molar-refractivity contribution in [1.82, 2.24) is 4.90 Å². The lowest BCUT2D eigenvalue weighted by Gasteiger charge is -2.31. The quantitative estimate of drug-likeness (QED) is 0.858. The third kappa shape index (κ3) is 2.38. The van der Waals surface area contributed by atoms with Gasteiger partial charge in [-0.05, 0) is 43.4 Å². The Morgan fingerprint density at radius 3 is 2.84 bits per heavy atom. The zero-order valence-corrected chi connectivity index (χ0v) is 12.4. The van der Waals surface area contributed by atoms with Crippen molar-refractivity contribution in [2.45, 2.75) is 38.1 Å². The molecule has 102 valence electrons. The molecular formula is C15H18BrNO2. The minimum absolute atomic E-state index is 0.0144. The van der Waals surface area contributed by atoms with Crippen LogP contribution >= 0.6 is 15.9 Å². The fourth-order valence-electron chi connectivity index (χ4n) is 3.50. The molecule has 1 aliphatic heterocycles. The second-order valence-corrected chi connectivity index (χ2v) is 6.48. The van der Waals surface area contributed by atoms with Gasteiger partial charge in [0.1, 0.15) is 5.75 Å². The van der Waals surface area contributed by atoms with Gasteiger partial charge in [-0.25, -0.2) is 0 Å². The van der Waals surface area contributed by atoms with E-state index in [-0.39, 0.29) is 11.7 Å². The van der Waals surface area contributed by atoms with Gasteiger partial charge in [-0.15, -0.1) is 0 Å². The molecule has 0 aromatic heterocycles. The van der Waals surface area contributed by atoms with Gasteiger partial charge in [0.15, 0.2) is 0 Å². The third-order valence-electron chi connectivity index (χ3n) is 4.46. The van der Waals surface area contributed by atoms with E-state index >= 15 is 0 Å². The first kappa shape index (κ1) is 13.0. The molecule has 3 rings (SSSR count). The molecule has 2 unspecified atom stereocenters. The molecule has 1 aromatic rings. The summed E-state index contributed by atoms with van der Waals surface area (Å²) >= 11 is 3.30. The molecule has 0 spiro atoms. The van der Waals surface area contributed by atoms with Crippen molar-refractivity contribution in [1.29, 1.82) is 0 Å². The number of rotatable bonds is 1. The molecule has 2 aliphatic rings. The van der Waals surface area contributed by atoms with Crippen LogP contribution in [0.4, 0.5) is 0 Å². The number of fused-ring (bicyclic) bond motifs is 1.